The normalized spacial score (nSPS) is 20.6. The zero-order valence-corrected chi connectivity index (χ0v) is 9.05. The van der Waals surface area contributed by atoms with Crippen LogP contribution in [-0.2, 0) is 6.42 Å². The maximum absolute atomic E-state index is 11.3. The molecule has 2 heterocycles. The third-order valence-corrected chi connectivity index (χ3v) is 3.31. The number of para-hydroxylation sites is 1. The maximum Gasteiger partial charge on any atom is 0.323 e. The van der Waals surface area contributed by atoms with Crippen LogP contribution in [0.5, 0.6) is 0 Å². The standard InChI is InChI=1S/C12H15N3O/c16-12-14-10-3-1-2-9(11(10)15-12)6-8-4-5-13-7-8/h1-3,8,13H,4-7H2,(H2,14,15,16). The second-order valence-corrected chi connectivity index (χ2v) is 4.48. The molecule has 1 saturated heterocycles. The average Bonchev–Trinajstić information content (AvgIpc) is 2.86. The van der Waals surface area contributed by atoms with Crippen LogP contribution in [0.15, 0.2) is 23.0 Å². The molecule has 0 saturated carbocycles. The highest BCUT2D eigenvalue weighted by Gasteiger charge is 2.16. The van der Waals surface area contributed by atoms with Crippen molar-refractivity contribution in [3.63, 3.8) is 0 Å². The summed E-state index contributed by atoms with van der Waals surface area (Å²) in [5.74, 6) is 0.698. The van der Waals surface area contributed by atoms with Gasteiger partial charge in [-0.1, -0.05) is 12.1 Å². The Morgan fingerprint density at radius 1 is 1.31 bits per heavy atom. The van der Waals surface area contributed by atoms with Crippen molar-refractivity contribution in [1.82, 2.24) is 15.3 Å². The zero-order valence-electron chi connectivity index (χ0n) is 9.05. The molecule has 1 aliphatic heterocycles. The summed E-state index contributed by atoms with van der Waals surface area (Å²) in [6.07, 6.45) is 2.27. The molecule has 3 N–H and O–H groups in total. The van der Waals surface area contributed by atoms with Crippen LogP contribution in [0.2, 0.25) is 0 Å². The maximum atomic E-state index is 11.3. The van der Waals surface area contributed by atoms with Crippen molar-refractivity contribution in [2.45, 2.75) is 12.8 Å². The van der Waals surface area contributed by atoms with Crippen LogP contribution in [0, 0.1) is 5.92 Å². The van der Waals surface area contributed by atoms with Gasteiger partial charge in [-0.05, 0) is 43.5 Å². The monoisotopic (exact) mass is 217 g/mol. The molecule has 4 heteroatoms. The second kappa shape index (κ2) is 3.79. The topological polar surface area (TPSA) is 60.7 Å². The lowest BCUT2D eigenvalue weighted by Gasteiger charge is -2.08. The first-order valence-corrected chi connectivity index (χ1v) is 5.73. The molecule has 16 heavy (non-hydrogen) atoms. The van der Waals surface area contributed by atoms with Crippen LogP contribution in [0.25, 0.3) is 11.0 Å². The van der Waals surface area contributed by atoms with Crippen LogP contribution >= 0.6 is 0 Å². The summed E-state index contributed by atoms with van der Waals surface area (Å²) in [6, 6.07) is 6.04. The molecule has 0 spiro atoms. The molecule has 1 aromatic heterocycles. The van der Waals surface area contributed by atoms with Crippen molar-refractivity contribution >= 4 is 11.0 Å². The van der Waals surface area contributed by atoms with Gasteiger partial charge in [-0.25, -0.2) is 4.79 Å². The molecule has 3 rings (SSSR count). The largest absolute Gasteiger partial charge is 0.323 e. The van der Waals surface area contributed by atoms with Gasteiger partial charge < -0.3 is 15.3 Å². The Hall–Kier alpha value is -1.55. The van der Waals surface area contributed by atoms with Crippen LogP contribution in [-0.4, -0.2) is 23.1 Å². The van der Waals surface area contributed by atoms with Crippen molar-refractivity contribution in [3.05, 3.63) is 34.2 Å². The first-order chi connectivity index (χ1) is 7.83. The van der Waals surface area contributed by atoms with E-state index >= 15 is 0 Å². The van der Waals surface area contributed by atoms with Crippen molar-refractivity contribution in [2.24, 2.45) is 5.92 Å². The molecule has 0 bridgehead atoms. The number of benzene rings is 1. The van der Waals surface area contributed by atoms with Crippen LogP contribution in [0.3, 0.4) is 0 Å². The highest BCUT2D eigenvalue weighted by atomic mass is 16.1. The lowest BCUT2D eigenvalue weighted by Crippen LogP contribution is -2.11. The lowest BCUT2D eigenvalue weighted by atomic mass is 9.98. The molecule has 2 aromatic rings. The van der Waals surface area contributed by atoms with Gasteiger partial charge in [-0.2, -0.15) is 0 Å². The van der Waals surface area contributed by atoms with Gasteiger partial charge >= 0.3 is 5.69 Å². The van der Waals surface area contributed by atoms with Gasteiger partial charge in [0.25, 0.3) is 0 Å². The first-order valence-electron chi connectivity index (χ1n) is 5.73. The van der Waals surface area contributed by atoms with Crippen LogP contribution in [0.1, 0.15) is 12.0 Å². The number of hydrogen-bond donors (Lipinski definition) is 3. The second-order valence-electron chi connectivity index (χ2n) is 4.48. The highest BCUT2D eigenvalue weighted by Crippen LogP contribution is 2.20. The fourth-order valence-electron chi connectivity index (χ4n) is 2.49. The molecule has 1 unspecified atom stereocenters. The summed E-state index contributed by atoms with van der Waals surface area (Å²) in [5, 5.41) is 3.37. The number of aromatic amines is 2. The number of nitrogens with one attached hydrogen (secondary N) is 3. The Balaban J connectivity index is 1.98. The summed E-state index contributed by atoms with van der Waals surface area (Å²) >= 11 is 0. The number of H-pyrrole nitrogens is 2. The Kier molecular flexibility index (Phi) is 2.29. The Bertz CT molecular complexity index is 549. The van der Waals surface area contributed by atoms with E-state index in [9.17, 15) is 4.79 Å². The van der Waals surface area contributed by atoms with Crippen LogP contribution < -0.4 is 11.0 Å². The minimum absolute atomic E-state index is 0.119. The molecular weight excluding hydrogens is 202 g/mol. The van der Waals surface area contributed by atoms with E-state index in [0.29, 0.717) is 5.92 Å². The fraction of sp³-hybridized carbons (Fsp3) is 0.417. The number of rotatable bonds is 2. The molecule has 0 radical (unpaired) electrons. The van der Waals surface area contributed by atoms with Crippen molar-refractivity contribution in [1.29, 1.82) is 0 Å². The number of hydrogen-bond acceptors (Lipinski definition) is 2. The van der Waals surface area contributed by atoms with E-state index in [2.05, 4.69) is 21.4 Å². The lowest BCUT2D eigenvalue weighted by molar-refractivity contribution is 0.582. The first kappa shape index (κ1) is 9.66. The molecule has 84 valence electrons. The minimum Gasteiger partial charge on any atom is -0.316 e. The van der Waals surface area contributed by atoms with Crippen molar-refractivity contribution < 1.29 is 0 Å². The summed E-state index contributed by atoms with van der Waals surface area (Å²) in [5.41, 5.74) is 3.00. The molecule has 1 aliphatic rings. The molecule has 0 amide bonds. The van der Waals surface area contributed by atoms with Gasteiger partial charge in [0.15, 0.2) is 0 Å². The van der Waals surface area contributed by atoms with Gasteiger partial charge in [-0.15, -0.1) is 0 Å². The minimum atomic E-state index is -0.119. The van der Waals surface area contributed by atoms with E-state index in [0.717, 1.165) is 30.5 Å². The Morgan fingerprint density at radius 3 is 3.06 bits per heavy atom. The molecule has 4 nitrogen and oxygen atoms in total. The predicted octanol–water partition coefficient (Wildman–Crippen LogP) is 1.01. The summed E-state index contributed by atoms with van der Waals surface area (Å²) < 4.78 is 0. The third kappa shape index (κ3) is 1.65. The van der Waals surface area contributed by atoms with Crippen molar-refractivity contribution in [2.75, 3.05) is 13.1 Å². The third-order valence-electron chi connectivity index (χ3n) is 3.31. The van der Waals surface area contributed by atoms with Gasteiger partial charge in [0, 0.05) is 0 Å². The molecule has 1 fully saturated rings. The van der Waals surface area contributed by atoms with E-state index in [-0.39, 0.29) is 5.69 Å². The van der Waals surface area contributed by atoms with E-state index in [1.54, 1.807) is 0 Å². The van der Waals surface area contributed by atoms with Gasteiger partial charge in [0.2, 0.25) is 0 Å². The van der Waals surface area contributed by atoms with Gasteiger partial charge in [0.1, 0.15) is 0 Å². The highest BCUT2D eigenvalue weighted by molar-refractivity contribution is 5.78. The average molecular weight is 217 g/mol. The Labute approximate surface area is 93.1 Å². The van der Waals surface area contributed by atoms with Gasteiger partial charge in [0.05, 0.1) is 11.0 Å². The molecule has 1 atom stereocenters. The Morgan fingerprint density at radius 2 is 2.25 bits per heavy atom. The van der Waals surface area contributed by atoms with E-state index in [1.807, 2.05) is 12.1 Å². The molecule has 1 aromatic carbocycles. The fourth-order valence-corrected chi connectivity index (χ4v) is 2.49. The zero-order chi connectivity index (χ0) is 11.0. The van der Waals surface area contributed by atoms with Crippen LogP contribution in [0.4, 0.5) is 0 Å². The summed E-state index contributed by atoms with van der Waals surface area (Å²) in [7, 11) is 0. The molecule has 0 aliphatic carbocycles. The van der Waals surface area contributed by atoms with E-state index in [4.69, 9.17) is 0 Å². The number of aromatic nitrogens is 2. The summed E-state index contributed by atoms with van der Waals surface area (Å²) in [4.78, 5) is 16.9. The smallest absolute Gasteiger partial charge is 0.316 e. The van der Waals surface area contributed by atoms with E-state index < -0.39 is 0 Å². The number of fused-ring (bicyclic) bond motifs is 1. The quantitative estimate of drug-likeness (QED) is 0.703. The van der Waals surface area contributed by atoms with Gasteiger partial charge in [-0.3, -0.25) is 0 Å². The summed E-state index contributed by atoms with van der Waals surface area (Å²) in [6.45, 7) is 2.20. The number of imidazole rings is 1. The SMILES string of the molecule is O=c1[nH]c2cccc(CC3CCNC3)c2[nH]1. The van der Waals surface area contributed by atoms with E-state index in [1.165, 1.54) is 12.0 Å². The molecular formula is C12H15N3O. The predicted molar refractivity (Wildman–Crippen MR) is 63.6 cm³/mol. The van der Waals surface area contributed by atoms with Crippen molar-refractivity contribution in [3.8, 4) is 0 Å².